The van der Waals surface area contributed by atoms with Crippen LogP contribution in [-0.4, -0.2) is 78.6 Å². The molecule has 43 heavy (non-hydrogen) atoms. The van der Waals surface area contributed by atoms with Gasteiger partial charge in [-0.05, 0) is 74.9 Å². The van der Waals surface area contributed by atoms with Crippen molar-refractivity contribution < 1.29 is 19.1 Å². The smallest absolute Gasteiger partial charge is 0.410 e. The lowest BCUT2D eigenvalue weighted by Crippen LogP contribution is -2.46. The summed E-state index contributed by atoms with van der Waals surface area (Å²) in [5.74, 6) is 0.488. The van der Waals surface area contributed by atoms with Gasteiger partial charge in [-0.2, -0.15) is 0 Å². The van der Waals surface area contributed by atoms with Gasteiger partial charge in [0.15, 0.2) is 5.65 Å². The van der Waals surface area contributed by atoms with Gasteiger partial charge < -0.3 is 19.4 Å². The topological polar surface area (TPSA) is 126 Å². The second-order valence-electron chi connectivity index (χ2n) is 12.1. The van der Waals surface area contributed by atoms with E-state index < -0.39 is 11.6 Å². The van der Waals surface area contributed by atoms with Gasteiger partial charge in [-0.15, -0.1) is 0 Å². The molecule has 1 atom stereocenters. The summed E-state index contributed by atoms with van der Waals surface area (Å²) in [6.45, 7) is 11.5. The molecule has 3 aromatic heterocycles. The normalized spacial score (nSPS) is 17.2. The van der Waals surface area contributed by atoms with Gasteiger partial charge in [0.25, 0.3) is 5.91 Å². The van der Waals surface area contributed by atoms with Gasteiger partial charge in [0, 0.05) is 43.8 Å². The highest BCUT2D eigenvalue weighted by molar-refractivity contribution is 5.93. The van der Waals surface area contributed by atoms with Crippen molar-refractivity contribution in [2.75, 3.05) is 26.3 Å². The van der Waals surface area contributed by atoms with Crippen molar-refractivity contribution in [2.24, 2.45) is 0 Å². The van der Waals surface area contributed by atoms with Gasteiger partial charge in [-0.25, -0.2) is 24.7 Å². The van der Waals surface area contributed by atoms with E-state index in [0.29, 0.717) is 50.7 Å². The zero-order valence-electron chi connectivity index (χ0n) is 25.3. The maximum Gasteiger partial charge on any atom is 0.410 e. The number of aromatic amines is 1. The molecule has 11 nitrogen and oxygen atoms in total. The number of nitrogens with zero attached hydrogens (tertiary/aromatic N) is 6. The molecule has 5 heterocycles. The Morgan fingerprint density at radius 1 is 1.12 bits per heavy atom. The summed E-state index contributed by atoms with van der Waals surface area (Å²) in [5, 5.41) is 0. The van der Waals surface area contributed by atoms with Crippen LogP contribution in [0.5, 0.6) is 0 Å². The summed E-state index contributed by atoms with van der Waals surface area (Å²) in [6.07, 6.45) is 7.98. The molecule has 6 rings (SSSR count). The number of benzene rings is 1. The van der Waals surface area contributed by atoms with Crippen molar-refractivity contribution in [3.8, 4) is 11.3 Å². The van der Waals surface area contributed by atoms with Crippen molar-refractivity contribution >= 4 is 23.2 Å². The van der Waals surface area contributed by atoms with Crippen LogP contribution in [0.2, 0.25) is 0 Å². The lowest BCUT2D eigenvalue weighted by Gasteiger charge is -2.39. The third kappa shape index (κ3) is 5.81. The molecule has 1 fully saturated rings. The summed E-state index contributed by atoms with van der Waals surface area (Å²) in [7, 11) is 0. The number of H-pyrrole nitrogens is 1. The number of morpholine rings is 1. The average Bonchev–Trinajstić information content (AvgIpc) is 3.42. The number of aromatic nitrogens is 5. The molecule has 2 aliphatic heterocycles. The van der Waals surface area contributed by atoms with E-state index >= 15 is 0 Å². The van der Waals surface area contributed by atoms with Gasteiger partial charge in [0.05, 0.1) is 36.7 Å². The number of carbonyl (C=O) groups is 2. The molecule has 0 spiro atoms. The number of amides is 2. The number of hydrogen-bond acceptors (Lipinski definition) is 8. The Balaban J connectivity index is 1.44. The monoisotopic (exact) mass is 583 g/mol. The Labute approximate surface area is 250 Å². The standard InChI is InChI=1S/C32H37N7O4/c1-6-20-13-35-29-28(20)37-26(16-36-29)22-11-21-7-8-38(30(40)23-14-33-19(2)34-15-23)17-25(21)24(12-22)27-18-42-10-9-39(27)31(41)43-32(3,4)5/h11-16,27H,6-10,17-18H2,1-5H3,(H,35,36)/t27-/m0/s1. The number of aryl methyl sites for hydroxylation is 2. The first-order chi connectivity index (χ1) is 20.6. The molecule has 0 unspecified atom stereocenters. The van der Waals surface area contributed by atoms with Crippen LogP contribution in [0.15, 0.2) is 36.9 Å². The van der Waals surface area contributed by atoms with Crippen LogP contribution in [0.4, 0.5) is 4.79 Å². The zero-order chi connectivity index (χ0) is 30.3. The predicted molar refractivity (Wildman–Crippen MR) is 160 cm³/mol. The van der Waals surface area contributed by atoms with Crippen LogP contribution in [-0.2, 0) is 28.9 Å². The number of rotatable bonds is 4. The minimum Gasteiger partial charge on any atom is -0.444 e. The number of carbonyl (C=O) groups excluding carboxylic acids is 2. The van der Waals surface area contributed by atoms with E-state index in [1.165, 1.54) is 0 Å². The Hall–Kier alpha value is -4.38. The maximum absolute atomic E-state index is 13.5. The Bertz CT molecular complexity index is 1680. The third-order valence-electron chi connectivity index (χ3n) is 7.94. The van der Waals surface area contributed by atoms with Gasteiger partial charge >= 0.3 is 6.09 Å². The van der Waals surface area contributed by atoms with E-state index in [0.717, 1.165) is 51.1 Å². The molecule has 2 amide bonds. The van der Waals surface area contributed by atoms with Crippen molar-refractivity contribution in [2.45, 2.75) is 65.6 Å². The van der Waals surface area contributed by atoms with E-state index in [2.05, 4.69) is 39.0 Å². The lowest BCUT2D eigenvalue weighted by molar-refractivity contribution is -0.0334. The molecule has 1 saturated heterocycles. The Morgan fingerprint density at radius 2 is 1.91 bits per heavy atom. The van der Waals surface area contributed by atoms with Crippen molar-refractivity contribution in [1.82, 2.24) is 34.7 Å². The molecule has 0 saturated carbocycles. The van der Waals surface area contributed by atoms with Gasteiger partial charge in [-0.1, -0.05) is 6.92 Å². The maximum atomic E-state index is 13.5. The SMILES string of the molecule is CCc1c[nH]c2ncc(-c3cc4c(c([C@@H]5COCCN5C(=O)OC(C)(C)C)c3)CN(C(=O)c3cnc(C)nc3)CC4)nc12. The minimum absolute atomic E-state index is 0.125. The molecule has 1 N–H and O–H groups in total. The van der Waals surface area contributed by atoms with E-state index in [1.807, 2.05) is 31.9 Å². The molecule has 2 aliphatic rings. The summed E-state index contributed by atoms with van der Waals surface area (Å²) >= 11 is 0. The van der Waals surface area contributed by atoms with Crippen LogP contribution >= 0.6 is 0 Å². The van der Waals surface area contributed by atoms with Crippen molar-refractivity contribution in [3.05, 3.63) is 70.6 Å². The molecule has 11 heteroatoms. The fourth-order valence-corrected chi connectivity index (χ4v) is 5.75. The second-order valence-corrected chi connectivity index (χ2v) is 12.1. The van der Waals surface area contributed by atoms with Crippen molar-refractivity contribution in [3.63, 3.8) is 0 Å². The summed E-state index contributed by atoms with van der Waals surface area (Å²) in [5.41, 5.74) is 7.22. The molecule has 4 aromatic rings. The molecular formula is C32H37N7O4. The van der Waals surface area contributed by atoms with Gasteiger partial charge in [-0.3, -0.25) is 9.69 Å². The summed E-state index contributed by atoms with van der Waals surface area (Å²) in [6, 6.07) is 3.82. The van der Waals surface area contributed by atoms with Crippen LogP contribution in [0, 0.1) is 6.92 Å². The van der Waals surface area contributed by atoms with Crippen LogP contribution in [0.1, 0.15) is 72.2 Å². The van der Waals surface area contributed by atoms with Crippen LogP contribution in [0.3, 0.4) is 0 Å². The summed E-state index contributed by atoms with van der Waals surface area (Å²) < 4.78 is 11.7. The number of hydrogen-bond donors (Lipinski definition) is 1. The zero-order valence-corrected chi connectivity index (χ0v) is 25.3. The largest absolute Gasteiger partial charge is 0.444 e. The van der Waals surface area contributed by atoms with E-state index in [-0.39, 0.29) is 12.0 Å². The average molecular weight is 584 g/mol. The van der Waals surface area contributed by atoms with Crippen LogP contribution in [0.25, 0.3) is 22.4 Å². The van der Waals surface area contributed by atoms with Gasteiger partial charge in [0.1, 0.15) is 16.9 Å². The first-order valence-corrected chi connectivity index (χ1v) is 14.8. The quantitative estimate of drug-likeness (QED) is 0.363. The van der Waals surface area contributed by atoms with Crippen molar-refractivity contribution in [1.29, 1.82) is 0 Å². The number of ether oxygens (including phenoxy) is 2. The highest BCUT2D eigenvalue weighted by Crippen LogP contribution is 2.37. The third-order valence-corrected chi connectivity index (χ3v) is 7.94. The number of fused-ring (bicyclic) bond motifs is 2. The molecule has 1 aromatic carbocycles. The fraction of sp³-hybridized carbons (Fsp3) is 0.438. The van der Waals surface area contributed by atoms with E-state index in [1.54, 1.807) is 30.4 Å². The first kappa shape index (κ1) is 28.7. The highest BCUT2D eigenvalue weighted by Gasteiger charge is 2.36. The second kappa shape index (κ2) is 11.4. The summed E-state index contributed by atoms with van der Waals surface area (Å²) in [4.78, 5) is 51.8. The molecular weight excluding hydrogens is 546 g/mol. The lowest BCUT2D eigenvalue weighted by atomic mass is 9.87. The molecule has 224 valence electrons. The first-order valence-electron chi connectivity index (χ1n) is 14.8. The molecule has 0 bridgehead atoms. The fourth-order valence-electron chi connectivity index (χ4n) is 5.75. The number of nitrogens with one attached hydrogen (secondary N) is 1. The molecule has 0 aliphatic carbocycles. The van der Waals surface area contributed by atoms with Crippen LogP contribution < -0.4 is 0 Å². The Morgan fingerprint density at radius 3 is 2.65 bits per heavy atom. The Kier molecular flexibility index (Phi) is 7.59. The predicted octanol–water partition coefficient (Wildman–Crippen LogP) is 4.79. The van der Waals surface area contributed by atoms with Gasteiger partial charge in [0.2, 0.25) is 0 Å². The van der Waals surface area contributed by atoms with E-state index in [9.17, 15) is 9.59 Å². The highest BCUT2D eigenvalue weighted by atomic mass is 16.6. The molecule has 0 radical (unpaired) electrons. The van der Waals surface area contributed by atoms with E-state index in [4.69, 9.17) is 14.5 Å². The minimum atomic E-state index is -0.640.